The molecule has 29 heavy (non-hydrogen) atoms. The summed E-state index contributed by atoms with van der Waals surface area (Å²) in [7, 11) is 0. The van der Waals surface area contributed by atoms with E-state index in [1.807, 2.05) is 0 Å². The van der Waals surface area contributed by atoms with Crippen molar-refractivity contribution in [3.05, 3.63) is 0 Å². The Kier molecular flexibility index (Phi) is 23.1. The maximum Gasteiger partial charge on any atom is 0.305 e. The minimum atomic E-state index is -0.126. The zero-order chi connectivity index (χ0) is 21.4. The van der Waals surface area contributed by atoms with Gasteiger partial charge in [0.2, 0.25) is 0 Å². The van der Waals surface area contributed by atoms with Crippen molar-refractivity contribution in [3.63, 3.8) is 0 Å². The van der Waals surface area contributed by atoms with Crippen LogP contribution in [0.3, 0.4) is 0 Å². The Labute approximate surface area is 179 Å². The standard InChI is InChI=1S/C24H48O5/c1-23(2)15-13-11-9-7-5-3-4-6-8-10-12-14-16-24(26)29-22-21-28-20-19-27-18-17-25/h23,25H,3-22H2,1-2H3. The van der Waals surface area contributed by atoms with Crippen LogP contribution in [-0.4, -0.2) is 50.7 Å². The van der Waals surface area contributed by atoms with Crippen LogP contribution in [0.15, 0.2) is 0 Å². The molecule has 1 N–H and O–H groups in total. The van der Waals surface area contributed by atoms with Crippen LogP contribution >= 0.6 is 0 Å². The molecule has 0 unspecified atom stereocenters. The van der Waals surface area contributed by atoms with Crippen molar-refractivity contribution in [1.29, 1.82) is 0 Å². The van der Waals surface area contributed by atoms with Crippen LogP contribution in [-0.2, 0) is 19.0 Å². The maximum absolute atomic E-state index is 11.6. The van der Waals surface area contributed by atoms with E-state index in [1.165, 1.54) is 70.6 Å². The average molecular weight is 417 g/mol. The van der Waals surface area contributed by atoms with Crippen LogP contribution in [0.4, 0.5) is 0 Å². The van der Waals surface area contributed by atoms with Gasteiger partial charge in [-0.1, -0.05) is 90.9 Å². The first-order valence-corrected chi connectivity index (χ1v) is 12.1. The molecule has 0 spiro atoms. The number of unbranched alkanes of at least 4 members (excludes halogenated alkanes) is 11. The smallest absolute Gasteiger partial charge is 0.305 e. The Morgan fingerprint density at radius 2 is 1.10 bits per heavy atom. The number of carbonyl (C=O) groups excluding carboxylic acids is 1. The van der Waals surface area contributed by atoms with E-state index >= 15 is 0 Å². The van der Waals surface area contributed by atoms with Crippen molar-refractivity contribution in [1.82, 2.24) is 0 Å². The van der Waals surface area contributed by atoms with E-state index in [0.29, 0.717) is 39.5 Å². The highest BCUT2D eigenvalue weighted by Gasteiger charge is 2.02. The van der Waals surface area contributed by atoms with Gasteiger partial charge in [0.1, 0.15) is 6.61 Å². The fraction of sp³-hybridized carbons (Fsp3) is 0.958. The molecule has 5 nitrogen and oxygen atoms in total. The number of aliphatic hydroxyl groups is 1. The van der Waals surface area contributed by atoms with Crippen molar-refractivity contribution in [3.8, 4) is 0 Å². The number of rotatable bonds is 23. The monoisotopic (exact) mass is 416 g/mol. The lowest BCUT2D eigenvalue weighted by Gasteiger charge is -2.07. The second kappa shape index (κ2) is 23.6. The van der Waals surface area contributed by atoms with Crippen LogP contribution in [0.5, 0.6) is 0 Å². The third-order valence-corrected chi connectivity index (χ3v) is 5.01. The molecule has 0 aromatic heterocycles. The van der Waals surface area contributed by atoms with Gasteiger partial charge in [-0.15, -0.1) is 0 Å². The molecule has 0 bridgehead atoms. The van der Waals surface area contributed by atoms with Gasteiger partial charge in [0.15, 0.2) is 0 Å². The quantitative estimate of drug-likeness (QED) is 0.172. The van der Waals surface area contributed by atoms with E-state index in [-0.39, 0.29) is 12.6 Å². The molecule has 5 heteroatoms. The number of aliphatic hydroxyl groups excluding tert-OH is 1. The predicted molar refractivity (Wildman–Crippen MR) is 119 cm³/mol. The Morgan fingerprint density at radius 1 is 0.655 bits per heavy atom. The summed E-state index contributed by atoms with van der Waals surface area (Å²) in [4.78, 5) is 11.6. The minimum Gasteiger partial charge on any atom is -0.463 e. The van der Waals surface area contributed by atoms with Gasteiger partial charge in [0, 0.05) is 6.42 Å². The fourth-order valence-corrected chi connectivity index (χ4v) is 3.26. The van der Waals surface area contributed by atoms with Gasteiger partial charge in [-0.2, -0.15) is 0 Å². The first-order chi connectivity index (χ1) is 14.2. The van der Waals surface area contributed by atoms with E-state index in [2.05, 4.69) is 13.8 Å². The van der Waals surface area contributed by atoms with E-state index < -0.39 is 0 Å². The van der Waals surface area contributed by atoms with Crippen molar-refractivity contribution >= 4 is 5.97 Å². The normalized spacial score (nSPS) is 11.3. The molecule has 0 saturated carbocycles. The molecule has 0 amide bonds. The first kappa shape index (κ1) is 28.4. The summed E-state index contributed by atoms with van der Waals surface area (Å²) in [6.07, 6.45) is 17.5. The summed E-state index contributed by atoms with van der Waals surface area (Å²) in [5.74, 6) is 0.730. The maximum atomic E-state index is 11.6. The molecule has 0 aliphatic rings. The van der Waals surface area contributed by atoms with Crippen LogP contribution in [0, 0.1) is 5.92 Å². The van der Waals surface area contributed by atoms with E-state index in [4.69, 9.17) is 19.3 Å². The minimum absolute atomic E-state index is 0.0242. The molecule has 0 fully saturated rings. The molecule has 0 aromatic carbocycles. The summed E-state index contributed by atoms with van der Waals surface area (Å²) in [6, 6.07) is 0. The van der Waals surface area contributed by atoms with Gasteiger partial charge in [-0.05, 0) is 12.3 Å². The highest BCUT2D eigenvalue weighted by atomic mass is 16.6. The van der Waals surface area contributed by atoms with Gasteiger partial charge in [-0.3, -0.25) is 4.79 Å². The molecule has 0 aliphatic heterocycles. The summed E-state index contributed by atoms with van der Waals surface area (Å²) in [6.45, 7) is 6.58. The Balaban J connectivity index is 3.14. The Hall–Kier alpha value is -0.650. The summed E-state index contributed by atoms with van der Waals surface area (Å²) in [5, 5.41) is 8.55. The number of hydrogen-bond acceptors (Lipinski definition) is 5. The molecular formula is C24H48O5. The third kappa shape index (κ3) is 25.3. The number of hydrogen-bond donors (Lipinski definition) is 1. The molecule has 0 heterocycles. The summed E-state index contributed by atoms with van der Waals surface area (Å²) < 4.78 is 15.5. The van der Waals surface area contributed by atoms with Crippen LogP contribution in [0.2, 0.25) is 0 Å². The zero-order valence-corrected chi connectivity index (χ0v) is 19.3. The number of esters is 1. The topological polar surface area (TPSA) is 65.0 Å². The van der Waals surface area contributed by atoms with Gasteiger partial charge in [-0.25, -0.2) is 0 Å². The van der Waals surface area contributed by atoms with Crippen molar-refractivity contribution in [2.45, 2.75) is 104 Å². The molecule has 0 rings (SSSR count). The van der Waals surface area contributed by atoms with Crippen LogP contribution in [0.1, 0.15) is 104 Å². The van der Waals surface area contributed by atoms with Crippen molar-refractivity contribution < 1.29 is 24.1 Å². The molecule has 174 valence electrons. The highest BCUT2D eigenvalue weighted by molar-refractivity contribution is 5.69. The fourth-order valence-electron chi connectivity index (χ4n) is 3.26. The SMILES string of the molecule is CC(C)CCCCCCCCCCCCCCC(=O)OCCOCCOCCO. The lowest BCUT2D eigenvalue weighted by Crippen LogP contribution is -2.13. The Morgan fingerprint density at radius 3 is 1.62 bits per heavy atom. The van der Waals surface area contributed by atoms with Gasteiger partial charge in [0.25, 0.3) is 0 Å². The number of carbonyl (C=O) groups is 1. The molecule has 0 atom stereocenters. The van der Waals surface area contributed by atoms with E-state index in [0.717, 1.165) is 18.8 Å². The zero-order valence-electron chi connectivity index (χ0n) is 19.3. The summed E-state index contributed by atoms with van der Waals surface area (Å²) >= 11 is 0. The second-order valence-corrected chi connectivity index (χ2v) is 8.34. The lowest BCUT2D eigenvalue weighted by atomic mass is 10.0. The molecule has 0 aliphatic carbocycles. The molecule has 0 aromatic rings. The van der Waals surface area contributed by atoms with Gasteiger partial charge >= 0.3 is 5.97 Å². The van der Waals surface area contributed by atoms with E-state index in [9.17, 15) is 4.79 Å². The predicted octanol–water partition coefficient (Wildman–Crippen LogP) is 5.67. The molecule has 0 saturated heterocycles. The molecular weight excluding hydrogens is 368 g/mol. The van der Waals surface area contributed by atoms with Gasteiger partial charge < -0.3 is 19.3 Å². The highest BCUT2D eigenvalue weighted by Crippen LogP contribution is 2.14. The first-order valence-electron chi connectivity index (χ1n) is 12.1. The second-order valence-electron chi connectivity index (χ2n) is 8.34. The van der Waals surface area contributed by atoms with Crippen molar-refractivity contribution in [2.24, 2.45) is 5.92 Å². The largest absolute Gasteiger partial charge is 0.463 e. The Bertz CT molecular complexity index is 333. The molecule has 0 radical (unpaired) electrons. The van der Waals surface area contributed by atoms with Crippen LogP contribution < -0.4 is 0 Å². The van der Waals surface area contributed by atoms with Gasteiger partial charge in [0.05, 0.1) is 33.0 Å². The summed E-state index contributed by atoms with van der Waals surface area (Å²) in [5.41, 5.74) is 0. The lowest BCUT2D eigenvalue weighted by molar-refractivity contribution is -0.145. The van der Waals surface area contributed by atoms with E-state index in [1.54, 1.807) is 0 Å². The van der Waals surface area contributed by atoms with Crippen molar-refractivity contribution in [2.75, 3.05) is 39.6 Å². The number of ether oxygens (including phenoxy) is 3. The average Bonchev–Trinajstić information content (AvgIpc) is 2.70. The third-order valence-electron chi connectivity index (χ3n) is 5.01. The van der Waals surface area contributed by atoms with Crippen LogP contribution in [0.25, 0.3) is 0 Å².